The highest BCUT2D eigenvalue weighted by molar-refractivity contribution is 7.14. The minimum atomic E-state index is 0.329. The predicted molar refractivity (Wildman–Crippen MR) is 60.2 cm³/mol. The third-order valence-corrected chi connectivity index (χ3v) is 3.35. The van der Waals surface area contributed by atoms with E-state index < -0.39 is 0 Å². The van der Waals surface area contributed by atoms with Gasteiger partial charge < -0.3 is 15.0 Å². The van der Waals surface area contributed by atoms with Crippen molar-refractivity contribution in [2.45, 2.75) is 6.10 Å². The molecule has 1 aromatic heterocycles. The molecule has 0 amide bonds. The largest absolute Gasteiger partial charge is 0.374 e. The van der Waals surface area contributed by atoms with Gasteiger partial charge in [-0.05, 0) is 17.5 Å². The van der Waals surface area contributed by atoms with Crippen molar-refractivity contribution in [1.82, 2.24) is 5.32 Å². The molecule has 1 N–H and O–H groups in total. The van der Waals surface area contributed by atoms with E-state index in [0.29, 0.717) is 6.10 Å². The van der Waals surface area contributed by atoms with E-state index >= 15 is 0 Å². The minimum Gasteiger partial charge on any atom is -0.374 e. The topological polar surface area (TPSA) is 24.5 Å². The molecule has 0 aliphatic carbocycles. The molecule has 0 spiro atoms. The van der Waals surface area contributed by atoms with Gasteiger partial charge in [0.1, 0.15) is 0 Å². The average molecular weight is 212 g/mol. The number of anilines is 1. The van der Waals surface area contributed by atoms with Crippen LogP contribution < -0.4 is 10.2 Å². The molecule has 14 heavy (non-hydrogen) atoms. The number of morpholine rings is 1. The quantitative estimate of drug-likeness (QED) is 0.814. The lowest BCUT2D eigenvalue weighted by atomic mass is 10.3. The molecule has 0 aromatic carbocycles. The molecular formula is C10H16N2OS. The summed E-state index contributed by atoms with van der Waals surface area (Å²) in [7, 11) is 2.11. The van der Waals surface area contributed by atoms with Gasteiger partial charge >= 0.3 is 0 Å². The summed E-state index contributed by atoms with van der Waals surface area (Å²) >= 11 is 1.77. The minimum absolute atomic E-state index is 0.329. The Balaban J connectivity index is 1.84. The van der Waals surface area contributed by atoms with Gasteiger partial charge in [-0.15, -0.1) is 11.3 Å². The number of hydrogen-bond acceptors (Lipinski definition) is 4. The summed E-state index contributed by atoms with van der Waals surface area (Å²) in [5.74, 6) is 0. The van der Waals surface area contributed by atoms with E-state index in [2.05, 4.69) is 34.8 Å². The first-order valence-corrected chi connectivity index (χ1v) is 5.81. The van der Waals surface area contributed by atoms with Crippen molar-refractivity contribution in [1.29, 1.82) is 0 Å². The Morgan fingerprint density at radius 1 is 1.71 bits per heavy atom. The van der Waals surface area contributed by atoms with E-state index in [-0.39, 0.29) is 0 Å². The lowest BCUT2D eigenvalue weighted by molar-refractivity contribution is 0.0341. The Morgan fingerprint density at radius 3 is 3.29 bits per heavy atom. The lowest BCUT2D eigenvalue weighted by Crippen LogP contribution is -2.44. The molecule has 1 fully saturated rings. The molecule has 2 rings (SSSR count). The number of hydrogen-bond donors (Lipinski definition) is 1. The van der Waals surface area contributed by atoms with Gasteiger partial charge in [-0.25, -0.2) is 0 Å². The summed E-state index contributed by atoms with van der Waals surface area (Å²) in [4.78, 5) is 2.25. The second-order valence-corrected chi connectivity index (χ2v) is 4.45. The van der Waals surface area contributed by atoms with Crippen LogP contribution in [-0.4, -0.2) is 39.4 Å². The van der Waals surface area contributed by atoms with Crippen LogP contribution in [0.25, 0.3) is 0 Å². The van der Waals surface area contributed by atoms with E-state index in [4.69, 9.17) is 4.74 Å². The third-order valence-electron chi connectivity index (χ3n) is 2.36. The van der Waals surface area contributed by atoms with Crippen molar-refractivity contribution in [2.75, 3.05) is 38.2 Å². The summed E-state index contributed by atoms with van der Waals surface area (Å²) in [5, 5.41) is 6.74. The van der Waals surface area contributed by atoms with Crippen LogP contribution in [0.3, 0.4) is 0 Å². The number of likely N-dealkylation sites (N-methyl/N-ethyl adjacent to an activating group) is 1. The predicted octanol–water partition coefficient (Wildman–Crippen LogP) is 1.17. The van der Waals surface area contributed by atoms with Gasteiger partial charge in [0, 0.05) is 26.7 Å². The second kappa shape index (κ2) is 4.77. The number of nitrogens with zero attached hydrogens (tertiary/aromatic N) is 1. The van der Waals surface area contributed by atoms with Crippen LogP contribution in [0.5, 0.6) is 0 Å². The molecule has 1 aromatic rings. The fraction of sp³-hybridized carbons (Fsp3) is 0.600. The van der Waals surface area contributed by atoms with E-state index in [9.17, 15) is 0 Å². The molecule has 0 saturated carbocycles. The highest BCUT2D eigenvalue weighted by Crippen LogP contribution is 2.20. The maximum Gasteiger partial charge on any atom is 0.0906 e. The molecular weight excluding hydrogens is 196 g/mol. The number of rotatable bonds is 3. The first-order valence-electron chi connectivity index (χ1n) is 4.93. The zero-order valence-corrected chi connectivity index (χ0v) is 9.22. The smallest absolute Gasteiger partial charge is 0.0906 e. The molecule has 1 unspecified atom stereocenters. The number of thiophene rings is 1. The molecule has 1 aliphatic heterocycles. The van der Waals surface area contributed by atoms with Crippen molar-refractivity contribution in [3.05, 3.63) is 17.5 Å². The summed E-state index contributed by atoms with van der Waals surface area (Å²) in [6.45, 7) is 3.76. The van der Waals surface area contributed by atoms with Crippen molar-refractivity contribution in [3.8, 4) is 0 Å². The Bertz CT molecular complexity index is 257. The molecule has 0 radical (unpaired) electrons. The Kier molecular flexibility index (Phi) is 3.39. The van der Waals surface area contributed by atoms with Gasteiger partial charge in [0.2, 0.25) is 0 Å². The van der Waals surface area contributed by atoms with Crippen molar-refractivity contribution in [2.24, 2.45) is 0 Å². The highest BCUT2D eigenvalue weighted by Gasteiger charge is 2.15. The first kappa shape index (κ1) is 9.96. The maximum absolute atomic E-state index is 5.65. The Labute approximate surface area is 88.7 Å². The molecule has 1 atom stereocenters. The van der Waals surface area contributed by atoms with Crippen LogP contribution in [-0.2, 0) is 4.74 Å². The lowest BCUT2D eigenvalue weighted by Gasteiger charge is -2.28. The maximum atomic E-state index is 5.65. The second-order valence-electron chi connectivity index (χ2n) is 3.53. The molecule has 2 heterocycles. The van der Waals surface area contributed by atoms with E-state index in [1.54, 1.807) is 11.3 Å². The van der Waals surface area contributed by atoms with E-state index in [1.165, 1.54) is 5.00 Å². The number of nitrogens with one attached hydrogen (secondary N) is 1. The third kappa shape index (κ3) is 2.47. The normalized spacial score (nSPS) is 22.2. The van der Waals surface area contributed by atoms with Gasteiger partial charge in [-0.2, -0.15) is 0 Å². The van der Waals surface area contributed by atoms with Gasteiger partial charge in [0.15, 0.2) is 0 Å². The molecule has 1 aliphatic rings. The van der Waals surface area contributed by atoms with Crippen LogP contribution in [0.1, 0.15) is 0 Å². The zero-order valence-electron chi connectivity index (χ0n) is 8.40. The van der Waals surface area contributed by atoms with E-state index in [0.717, 1.165) is 26.2 Å². The average Bonchev–Trinajstić information content (AvgIpc) is 2.72. The summed E-state index contributed by atoms with van der Waals surface area (Å²) < 4.78 is 5.65. The molecule has 0 bridgehead atoms. The number of ether oxygens (including phenoxy) is 1. The van der Waals surface area contributed by atoms with E-state index in [1.807, 2.05) is 0 Å². The molecule has 4 heteroatoms. The van der Waals surface area contributed by atoms with Crippen LogP contribution >= 0.6 is 11.3 Å². The molecule has 78 valence electrons. The fourth-order valence-electron chi connectivity index (χ4n) is 1.62. The highest BCUT2D eigenvalue weighted by atomic mass is 32.1. The van der Waals surface area contributed by atoms with Gasteiger partial charge in [-0.1, -0.05) is 0 Å². The van der Waals surface area contributed by atoms with Crippen LogP contribution in [0, 0.1) is 0 Å². The first-order chi connectivity index (χ1) is 6.86. The summed E-state index contributed by atoms with van der Waals surface area (Å²) in [6, 6.07) is 4.22. The molecule has 3 nitrogen and oxygen atoms in total. The Morgan fingerprint density at radius 2 is 2.64 bits per heavy atom. The SMILES string of the molecule is CN(CC1CNCCO1)c1cccs1. The molecule has 1 saturated heterocycles. The Hall–Kier alpha value is -0.580. The monoisotopic (exact) mass is 212 g/mol. The van der Waals surface area contributed by atoms with Crippen LogP contribution in [0.15, 0.2) is 17.5 Å². The van der Waals surface area contributed by atoms with Gasteiger partial charge in [0.05, 0.1) is 17.7 Å². The zero-order chi connectivity index (χ0) is 9.80. The van der Waals surface area contributed by atoms with Crippen molar-refractivity contribution < 1.29 is 4.74 Å². The van der Waals surface area contributed by atoms with Crippen LogP contribution in [0.2, 0.25) is 0 Å². The van der Waals surface area contributed by atoms with Gasteiger partial charge in [0.25, 0.3) is 0 Å². The van der Waals surface area contributed by atoms with Crippen molar-refractivity contribution in [3.63, 3.8) is 0 Å². The standard InChI is InChI=1S/C10H16N2OS/c1-12(10-3-2-6-14-10)8-9-7-11-4-5-13-9/h2-3,6,9,11H,4-5,7-8H2,1H3. The summed E-state index contributed by atoms with van der Waals surface area (Å²) in [6.07, 6.45) is 0.329. The van der Waals surface area contributed by atoms with Crippen molar-refractivity contribution >= 4 is 16.3 Å². The van der Waals surface area contributed by atoms with Crippen LogP contribution in [0.4, 0.5) is 5.00 Å². The fourth-order valence-corrected chi connectivity index (χ4v) is 2.33. The van der Waals surface area contributed by atoms with Gasteiger partial charge in [-0.3, -0.25) is 0 Å². The summed E-state index contributed by atoms with van der Waals surface area (Å²) in [5.41, 5.74) is 0.